The summed E-state index contributed by atoms with van der Waals surface area (Å²) in [5, 5.41) is 16.6. The van der Waals surface area contributed by atoms with Gasteiger partial charge in [0.2, 0.25) is 5.91 Å². The zero-order chi connectivity index (χ0) is 23.0. The molecule has 2 aliphatic heterocycles. The van der Waals surface area contributed by atoms with Crippen molar-refractivity contribution in [3.8, 4) is 6.07 Å². The van der Waals surface area contributed by atoms with Crippen LogP contribution in [0, 0.1) is 16.7 Å². The number of carbonyl (C=O) groups is 2. The fraction of sp³-hybridized carbons (Fsp3) is 0.400. The summed E-state index contributed by atoms with van der Waals surface area (Å²) in [4.78, 5) is 30.1. The zero-order valence-electron chi connectivity index (χ0n) is 18.3. The van der Waals surface area contributed by atoms with Gasteiger partial charge in [-0.15, -0.1) is 0 Å². The first kappa shape index (κ1) is 20.5. The molecule has 2 heterocycles. The summed E-state index contributed by atoms with van der Waals surface area (Å²) >= 11 is 6.18. The first-order chi connectivity index (χ1) is 15.9. The molecule has 0 aromatic heterocycles. The number of hydrogen-bond acceptors (Lipinski definition) is 5. The van der Waals surface area contributed by atoms with Crippen molar-refractivity contribution in [2.24, 2.45) is 5.41 Å². The molecule has 0 bridgehead atoms. The highest BCUT2D eigenvalue weighted by atomic mass is 35.5. The number of amides is 2. The van der Waals surface area contributed by atoms with Crippen LogP contribution in [0.4, 0.5) is 17.1 Å². The SMILES string of the molecule is C[C@@H](CN1C(=O)c2cc(Cl)ccc2Nc2ccccc21)NCC(=O)N1C(C#N)CC23CC12C3. The molecule has 1 saturated heterocycles. The number of halogens is 1. The quantitative estimate of drug-likeness (QED) is 0.709. The molecule has 0 radical (unpaired) electrons. The molecule has 168 valence electrons. The van der Waals surface area contributed by atoms with E-state index in [9.17, 15) is 14.9 Å². The number of nitriles is 1. The van der Waals surface area contributed by atoms with Gasteiger partial charge in [0.05, 0.1) is 40.8 Å². The van der Waals surface area contributed by atoms with Gasteiger partial charge in [0, 0.05) is 23.0 Å². The predicted octanol–water partition coefficient (Wildman–Crippen LogP) is 3.68. The second kappa shape index (κ2) is 6.96. The summed E-state index contributed by atoms with van der Waals surface area (Å²) in [5.41, 5.74) is 3.06. The van der Waals surface area contributed by atoms with Gasteiger partial charge in [-0.05, 0) is 56.5 Å². The molecule has 2 saturated carbocycles. The Kier molecular flexibility index (Phi) is 4.33. The molecule has 1 unspecified atom stereocenters. The average Bonchev–Trinajstić information content (AvgIpc) is 3.59. The number of carbonyl (C=O) groups excluding carboxylic acids is 2. The molecule has 33 heavy (non-hydrogen) atoms. The Morgan fingerprint density at radius 2 is 2.09 bits per heavy atom. The second-order valence-electron chi connectivity index (χ2n) is 9.81. The van der Waals surface area contributed by atoms with Crippen molar-refractivity contribution in [1.29, 1.82) is 5.26 Å². The van der Waals surface area contributed by atoms with Crippen LogP contribution in [0.5, 0.6) is 0 Å². The van der Waals surface area contributed by atoms with Crippen LogP contribution in [-0.2, 0) is 4.79 Å². The maximum atomic E-state index is 13.5. The Bertz CT molecular complexity index is 1230. The summed E-state index contributed by atoms with van der Waals surface area (Å²) in [6.45, 7) is 2.50. The van der Waals surface area contributed by atoms with Crippen LogP contribution in [0.2, 0.25) is 5.02 Å². The van der Waals surface area contributed by atoms with Crippen molar-refractivity contribution in [2.75, 3.05) is 23.3 Å². The lowest BCUT2D eigenvalue weighted by Gasteiger charge is -2.31. The van der Waals surface area contributed by atoms with E-state index in [4.69, 9.17) is 11.6 Å². The van der Waals surface area contributed by atoms with Gasteiger partial charge in [-0.1, -0.05) is 23.7 Å². The van der Waals surface area contributed by atoms with Crippen LogP contribution >= 0.6 is 11.6 Å². The van der Waals surface area contributed by atoms with Gasteiger partial charge in [0.1, 0.15) is 6.04 Å². The first-order valence-electron chi connectivity index (χ1n) is 11.3. The van der Waals surface area contributed by atoms with Crippen molar-refractivity contribution >= 4 is 40.5 Å². The lowest BCUT2D eigenvalue weighted by atomic mass is 10.0. The van der Waals surface area contributed by atoms with Crippen LogP contribution in [0.1, 0.15) is 36.5 Å². The van der Waals surface area contributed by atoms with Crippen molar-refractivity contribution in [3.63, 3.8) is 0 Å². The van der Waals surface area contributed by atoms with Crippen LogP contribution < -0.4 is 15.5 Å². The van der Waals surface area contributed by atoms with Gasteiger partial charge in [-0.2, -0.15) is 5.26 Å². The van der Waals surface area contributed by atoms with Crippen LogP contribution in [-0.4, -0.2) is 47.4 Å². The number of para-hydroxylation sites is 2. The van der Waals surface area contributed by atoms with E-state index in [-0.39, 0.29) is 41.4 Å². The highest BCUT2D eigenvalue weighted by Crippen LogP contribution is 2.87. The molecule has 2 amide bonds. The predicted molar refractivity (Wildman–Crippen MR) is 126 cm³/mol. The smallest absolute Gasteiger partial charge is 0.260 e. The van der Waals surface area contributed by atoms with E-state index in [2.05, 4.69) is 16.7 Å². The number of rotatable bonds is 5. The summed E-state index contributed by atoms with van der Waals surface area (Å²) < 4.78 is 0. The number of fused-ring (bicyclic) bond motifs is 2. The van der Waals surface area contributed by atoms with Crippen molar-refractivity contribution in [1.82, 2.24) is 10.2 Å². The fourth-order valence-corrected chi connectivity index (χ4v) is 6.07. The number of hydrogen-bond donors (Lipinski definition) is 2. The minimum Gasteiger partial charge on any atom is -0.353 e. The third kappa shape index (κ3) is 2.98. The minimum absolute atomic E-state index is 0.0216. The third-order valence-electron chi connectivity index (χ3n) is 7.75. The van der Waals surface area contributed by atoms with E-state index in [0.29, 0.717) is 22.8 Å². The van der Waals surface area contributed by atoms with Crippen LogP contribution in [0.25, 0.3) is 0 Å². The summed E-state index contributed by atoms with van der Waals surface area (Å²) in [6.07, 6.45) is 2.92. The summed E-state index contributed by atoms with van der Waals surface area (Å²) in [5.74, 6) is -0.166. The number of likely N-dealkylation sites (tertiary alicyclic amines) is 1. The van der Waals surface area contributed by atoms with E-state index in [1.807, 2.05) is 42.2 Å². The molecule has 0 spiro atoms. The van der Waals surface area contributed by atoms with Crippen molar-refractivity contribution in [2.45, 2.75) is 43.8 Å². The number of nitrogens with one attached hydrogen (secondary N) is 2. The normalized spacial score (nSPS) is 29.0. The van der Waals surface area contributed by atoms with E-state index < -0.39 is 0 Å². The monoisotopic (exact) mass is 461 g/mol. The van der Waals surface area contributed by atoms with Crippen LogP contribution in [0.15, 0.2) is 42.5 Å². The second-order valence-corrected chi connectivity index (χ2v) is 10.2. The van der Waals surface area contributed by atoms with Gasteiger partial charge in [0.25, 0.3) is 5.91 Å². The number of piperidine rings is 2. The lowest BCUT2D eigenvalue weighted by molar-refractivity contribution is -0.133. The van der Waals surface area contributed by atoms with Gasteiger partial charge in [-0.3, -0.25) is 9.59 Å². The van der Waals surface area contributed by atoms with Crippen molar-refractivity contribution in [3.05, 3.63) is 53.1 Å². The van der Waals surface area contributed by atoms with Crippen molar-refractivity contribution < 1.29 is 9.59 Å². The maximum absolute atomic E-state index is 13.5. The molecule has 7 nitrogen and oxygen atoms in total. The molecular formula is C25H24ClN5O2. The number of benzene rings is 2. The Balaban J connectivity index is 1.19. The van der Waals surface area contributed by atoms with Gasteiger partial charge in [-0.25, -0.2) is 0 Å². The molecule has 4 aliphatic rings. The number of anilines is 3. The molecule has 2 aliphatic carbocycles. The molecule has 8 heteroatoms. The molecule has 2 aromatic rings. The standard InChI is InChI=1S/C25H24ClN5O2/c1-15(28-11-22(32)31-17(10-27)9-24-13-25(24,31)14-24)12-30-21-5-3-2-4-20(21)29-19-7-6-16(26)8-18(19)23(30)33/h2-8,15,17,28-29H,9,11-14H2,1H3/t15-,17?,24?,25?/m0/s1. The van der Waals surface area contributed by atoms with Gasteiger partial charge >= 0.3 is 0 Å². The Labute approximate surface area is 197 Å². The Hall–Kier alpha value is -3.08. The molecule has 2 aromatic carbocycles. The minimum atomic E-state index is -0.302. The third-order valence-corrected chi connectivity index (χ3v) is 7.99. The summed E-state index contributed by atoms with van der Waals surface area (Å²) in [6, 6.07) is 14.8. The summed E-state index contributed by atoms with van der Waals surface area (Å²) in [7, 11) is 0. The molecule has 2 N–H and O–H groups in total. The average molecular weight is 462 g/mol. The molecular weight excluding hydrogens is 438 g/mol. The topological polar surface area (TPSA) is 88.5 Å². The van der Waals surface area contributed by atoms with E-state index in [0.717, 1.165) is 30.6 Å². The van der Waals surface area contributed by atoms with E-state index >= 15 is 0 Å². The molecule has 3 fully saturated rings. The van der Waals surface area contributed by atoms with Crippen LogP contribution in [0.3, 0.4) is 0 Å². The highest BCUT2D eigenvalue weighted by molar-refractivity contribution is 6.31. The largest absolute Gasteiger partial charge is 0.353 e. The molecule has 6 rings (SSSR count). The first-order valence-corrected chi connectivity index (χ1v) is 11.7. The van der Waals surface area contributed by atoms with Gasteiger partial charge < -0.3 is 20.4 Å². The van der Waals surface area contributed by atoms with Gasteiger partial charge in [0.15, 0.2) is 0 Å². The maximum Gasteiger partial charge on any atom is 0.260 e. The zero-order valence-corrected chi connectivity index (χ0v) is 19.0. The highest BCUT2D eigenvalue weighted by Gasteiger charge is 2.90. The fourth-order valence-electron chi connectivity index (χ4n) is 5.90. The van der Waals surface area contributed by atoms with E-state index in [1.54, 1.807) is 17.0 Å². The van der Waals surface area contributed by atoms with E-state index in [1.165, 1.54) is 0 Å². The number of nitrogens with zero attached hydrogens (tertiary/aromatic N) is 3. The lowest BCUT2D eigenvalue weighted by Crippen LogP contribution is -2.50. The Morgan fingerprint density at radius 3 is 2.88 bits per heavy atom. The Morgan fingerprint density at radius 1 is 1.30 bits per heavy atom. The molecule has 2 atom stereocenters.